The normalized spacial score (nSPS) is 12.2. The third-order valence-electron chi connectivity index (χ3n) is 3.16. The number of hydrogen-bond donors (Lipinski definition) is 1. The Morgan fingerprint density at radius 2 is 1.90 bits per heavy atom. The van der Waals surface area contributed by atoms with E-state index in [1.807, 2.05) is 37.3 Å². The van der Waals surface area contributed by atoms with Crippen LogP contribution < -0.4 is 10.5 Å². The minimum atomic E-state index is -0.233. The lowest BCUT2D eigenvalue weighted by Crippen LogP contribution is -2.14. The van der Waals surface area contributed by atoms with Gasteiger partial charge in [0.25, 0.3) is 0 Å². The van der Waals surface area contributed by atoms with Gasteiger partial charge in [-0.05, 0) is 43.2 Å². The molecular weight excluding hydrogens is 382 g/mol. The maximum absolute atomic E-state index is 6.46. The molecule has 20 heavy (non-hydrogen) atoms. The lowest BCUT2D eigenvalue weighted by molar-refractivity contribution is 0.335. The van der Waals surface area contributed by atoms with Crippen LogP contribution in [-0.2, 0) is 0 Å². The van der Waals surface area contributed by atoms with E-state index in [0.717, 1.165) is 25.8 Å². The molecule has 0 aliphatic heterocycles. The largest absolute Gasteiger partial charge is 0.494 e. The molecule has 0 spiro atoms. The first-order valence-electron chi connectivity index (χ1n) is 6.47. The molecule has 0 amide bonds. The second kappa shape index (κ2) is 6.74. The highest BCUT2D eigenvalue weighted by molar-refractivity contribution is 9.10. The molecule has 0 bridgehead atoms. The van der Waals surface area contributed by atoms with Crippen molar-refractivity contribution in [1.29, 1.82) is 0 Å². The van der Waals surface area contributed by atoms with Crippen molar-refractivity contribution in [3.8, 4) is 5.75 Å². The van der Waals surface area contributed by atoms with Gasteiger partial charge in [0.2, 0.25) is 0 Å². The Morgan fingerprint density at radius 1 is 1.15 bits per heavy atom. The summed E-state index contributed by atoms with van der Waals surface area (Å²) in [6.07, 6.45) is 0. The molecule has 0 saturated carbocycles. The highest BCUT2D eigenvalue weighted by Crippen LogP contribution is 2.35. The molecule has 1 atom stereocenters. The van der Waals surface area contributed by atoms with Crippen molar-refractivity contribution < 1.29 is 4.74 Å². The monoisotopic (exact) mass is 397 g/mol. The predicted molar refractivity (Wildman–Crippen MR) is 90.2 cm³/mol. The summed E-state index contributed by atoms with van der Waals surface area (Å²) < 4.78 is 7.73. The Bertz CT molecular complexity index is 613. The van der Waals surface area contributed by atoms with Gasteiger partial charge < -0.3 is 10.5 Å². The van der Waals surface area contributed by atoms with Crippen molar-refractivity contribution in [3.05, 3.63) is 62.0 Å². The van der Waals surface area contributed by atoms with Crippen molar-refractivity contribution in [1.82, 2.24) is 0 Å². The van der Waals surface area contributed by atoms with Crippen LogP contribution in [0.5, 0.6) is 5.75 Å². The molecule has 2 rings (SSSR count). The van der Waals surface area contributed by atoms with Gasteiger partial charge in [-0.25, -0.2) is 0 Å². The smallest absolute Gasteiger partial charge is 0.124 e. The van der Waals surface area contributed by atoms with Crippen molar-refractivity contribution in [2.45, 2.75) is 19.9 Å². The first-order chi connectivity index (χ1) is 9.54. The average Bonchev–Trinajstić information content (AvgIpc) is 2.43. The van der Waals surface area contributed by atoms with Gasteiger partial charge in [-0.15, -0.1) is 0 Å². The third kappa shape index (κ3) is 3.25. The Morgan fingerprint density at radius 3 is 2.60 bits per heavy atom. The van der Waals surface area contributed by atoms with Gasteiger partial charge in [0.1, 0.15) is 5.75 Å². The molecule has 2 N–H and O–H groups in total. The van der Waals surface area contributed by atoms with E-state index in [-0.39, 0.29) is 6.04 Å². The van der Waals surface area contributed by atoms with Gasteiger partial charge >= 0.3 is 0 Å². The summed E-state index contributed by atoms with van der Waals surface area (Å²) >= 11 is 7.13. The second-order valence-corrected chi connectivity index (χ2v) is 6.28. The maximum Gasteiger partial charge on any atom is 0.124 e. The quantitative estimate of drug-likeness (QED) is 0.789. The number of halogens is 2. The van der Waals surface area contributed by atoms with Crippen LogP contribution in [0, 0.1) is 6.92 Å². The van der Waals surface area contributed by atoms with Crippen LogP contribution in [0.4, 0.5) is 0 Å². The minimum absolute atomic E-state index is 0.233. The van der Waals surface area contributed by atoms with Crippen molar-refractivity contribution >= 4 is 31.9 Å². The number of ether oxygens (including phenoxy) is 1. The molecule has 2 aromatic rings. The van der Waals surface area contributed by atoms with Crippen molar-refractivity contribution in [2.75, 3.05) is 6.61 Å². The van der Waals surface area contributed by atoms with Gasteiger partial charge in [0.15, 0.2) is 0 Å². The summed E-state index contributed by atoms with van der Waals surface area (Å²) in [5.74, 6) is 0.830. The topological polar surface area (TPSA) is 35.2 Å². The van der Waals surface area contributed by atoms with Crippen LogP contribution in [0.15, 0.2) is 45.3 Å². The molecule has 0 aliphatic carbocycles. The summed E-state index contributed by atoms with van der Waals surface area (Å²) in [5, 5.41) is 0. The molecule has 0 heterocycles. The number of aryl methyl sites for hydroxylation is 1. The van der Waals surface area contributed by atoms with E-state index in [0.29, 0.717) is 6.61 Å². The summed E-state index contributed by atoms with van der Waals surface area (Å²) in [6, 6.07) is 11.8. The molecule has 0 aromatic heterocycles. The molecule has 106 valence electrons. The van der Waals surface area contributed by atoms with E-state index in [1.165, 1.54) is 5.56 Å². The van der Waals surface area contributed by atoms with E-state index in [1.54, 1.807) is 0 Å². The number of rotatable bonds is 4. The predicted octanol–water partition coefficient (Wildman–Crippen LogP) is 4.97. The molecule has 0 saturated heterocycles. The summed E-state index contributed by atoms with van der Waals surface area (Å²) in [7, 11) is 0. The van der Waals surface area contributed by atoms with Gasteiger partial charge in [-0.3, -0.25) is 0 Å². The van der Waals surface area contributed by atoms with Gasteiger partial charge in [0.05, 0.1) is 12.6 Å². The zero-order valence-corrected chi connectivity index (χ0v) is 14.7. The summed E-state index contributed by atoms with van der Waals surface area (Å²) in [6.45, 7) is 4.65. The zero-order valence-electron chi connectivity index (χ0n) is 11.5. The first-order valence-corrected chi connectivity index (χ1v) is 8.06. The standard InChI is InChI=1S/C16H17Br2NO/c1-3-20-14-8-7-11(17)9-13(14)16(19)12-6-4-5-10(2)15(12)18/h4-9,16H,3,19H2,1-2H3. The van der Waals surface area contributed by atoms with Gasteiger partial charge in [-0.1, -0.05) is 50.1 Å². The molecule has 4 heteroatoms. The lowest BCUT2D eigenvalue weighted by atomic mass is 9.97. The number of nitrogens with two attached hydrogens (primary N) is 1. The van der Waals surface area contributed by atoms with Crippen LogP contribution in [0.25, 0.3) is 0 Å². The van der Waals surface area contributed by atoms with Crippen LogP contribution >= 0.6 is 31.9 Å². The van der Waals surface area contributed by atoms with Crippen molar-refractivity contribution in [2.24, 2.45) is 5.73 Å². The second-order valence-electron chi connectivity index (χ2n) is 4.57. The molecule has 0 fully saturated rings. The van der Waals surface area contributed by atoms with E-state index >= 15 is 0 Å². The van der Waals surface area contributed by atoms with E-state index < -0.39 is 0 Å². The first kappa shape index (κ1) is 15.5. The molecule has 2 aromatic carbocycles. The summed E-state index contributed by atoms with van der Waals surface area (Å²) in [4.78, 5) is 0. The number of hydrogen-bond acceptors (Lipinski definition) is 2. The fourth-order valence-electron chi connectivity index (χ4n) is 2.13. The fraction of sp³-hybridized carbons (Fsp3) is 0.250. The molecule has 0 aliphatic rings. The molecular formula is C16H17Br2NO. The Labute approximate surface area is 136 Å². The highest BCUT2D eigenvalue weighted by atomic mass is 79.9. The van der Waals surface area contributed by atoms with Gasteiger partial charge in [-0.2, -0.15) is 0 Å². The maximum atomic E-state index is 6.46. The van der Waals surface area contributed by atoms with Crippen LogP contribution in [0.1, 0.15) is 29.7 Å². The highest BCUT2D eigenvalue weighted by Gasteiger charge is 2.17. The Balaban J connectivity index is 2.49. The molecule has 0 radical (unpaired) electrons. The van der Waals surface area contributed by atoms with E-state index in [9.17, 15) is 0 Å². The van der Waals surface area contributed by atoms with E-state index in [4.69, 9.17) is 10.5 Å². The molecule has 2 nitrogen and oxygen atoms in total. The van der Waals surface area contributed by atoms with E-state index in [2.05, 4.69) is 44.8 Å². The zero-order chi connectivity index (χ0) is 14.7. The third-order valence-corrected chi connectivity index (χ3v) is 4.74. The lowest BCUT2D eigenvalue weighted by Gasteiger charge is -2.19. The Hall–Kier alpha value is -0.840. The molecule has 1 unspecified atom stereocenters. The van der Waals surface area contributed by atoms with Crippen LogP contribution in [0.3, 0.4) is 0 Å². The Kier molecular flexibility index (Phi) is 5.24. The fourth-order valence-corrected chi connectivity index (χ4v) is 3.02. The SMILES string of the molecule is CCOc1ccc(Br)cc1C(N)c1cccc(C)c1Br. The number of benzene rings is 2. The van der Waals surface area contributed by atoms with Crippen LogP contribution in [-0.4, -0.2) is 6.61 Å². The van der Waals surface area contributed by atoms with Crippen LogP contribution in [0.2, 0.25) is 0 Å². The average molecular weight is 399 g/mol. The van der Waals surface area contributed by atoms with Crippen molar-refractivity contribution in [3.63, 3.8) is 0 Å². The van der Waals surface area contributed by atoms with Gasteiger partial charge in [0, 0.05) is 14.5 Å². The minimum Gasteiger partial charge on any atom is -0.494 e. The summed E-state index contributed by atoms with van der Waals surface area (Å²) in [5.41, 5.74) is 9.67.